The minimum atomic E-state index is -0.143. The maximum Gasteiger partial charge on any atom is 0.315 e. The standard InChI is InChI=1S/C16H22N6O/c1-22(2)15-11(4-3-7-17-15)9-18-16(23)20-13-5-6-14-12(8-13)10-19-21-14/h3-4,7,10,13H,5-6,8-9H2,1-2H3,(H,19,21)(H2,18,20,23)/t13-/m1/s1. The van der Waals surface area contributed by atoms with Crippen molar-refractivity contribution in [3.63, 3.8) is 0 Å². The number of H-pyrrole nitrogens is 1. The van der Waals surface area contributed by atoms with Gasteiger partial charge in [0.1, 0.15) is 5.82 Å². The van der Waals surface area contributed by atoms with Gasteiger partial charge >= 0.3 is 6.03 Å². The molecule has 7 nitrogen and oxygen atoms in total. The van der Waals surface area contributed by atoms with Crippen molar-refractivity contribution < 1.29 is 4.79 Å². The van der Waals surface area contributed by atoms with E-state index < -0.39 is 0 Å². The Bertz CT molecular complexity index is 681. The number of nitrogens with zero attached hydrogens (tertiary/aromatic N) is 3. The molecule has 2 heterocycles. The lowest BCUT2D eigenvalue weighted by Crippen LogP contribution is -2.44. The summed E-state index contributed by atoms with van der Waals surface area (Å²) in [6, 6.07) is 3.86. The zero-order valence-corrected chi connectivity index (χ0v) is 13.5. The Morgan fingerprint density at radius 3 is 3.17 bits per heavy atom. The molecule has 122 valence electrons. The number of hydrogen-bond donors (Lipinski definition) is 3. The highest BCUT2D eigenvalue weighted by molar-refractivity contribution is 5.74. The van der Waals surface area contributed by atoms with Crippen LogP contribution >= 0.6 is 0 Å². The number of carbonyl (C=O) groups excluding carboxylic acids is 1. The molecule has 2 aromatic rings. The Labute approximate surface area is 135 Å². The quantitative estimate of drug-likeness (QED) is 0.792. The Morgan fingerprint density at radius 2 is 2.35 bits per heavy atom. The third-order valence-corrected chi connectivity index (χ3v) is 4.08. The molecule has 0 saturated carbocycles. The summed E-state index contributed by atoms with van der Waals surface area (Å²) in [4.78, 5) is 18.4. The van der Waals surface area contributed by atoms with Crippen LogP contribution in [0.3, 0.4) is 0 Å². The number of aromatic nitrogens is 3. The Balaban J connectivity index is 1.53. The van der Waals surface area contributed by atoms with Gasteiger partial charge in [-0.25, -0.2) is 9.78 Å². The number of hydrogen-bond acceptors (Lipinski definition) is 4. The molecule has 1 aliphatic rings. The van der Waals surface area contributed by atoms with E-state index in [9.17, 15) is 4.79 Å². The van der Waals surface area contributed by atoms with Crippen LogP contribution in [0.5, 0.6) is 0 Å². The molecule has 1 aliphatic carbocycles. The van der Waals surface area contributed by atoms with E-state index in [-0.39, 0.29) is 12.1 Å². The van der Waals surface area contributed by atoms with Gasteiger partial charge in [-0.15, -0.1) is 0 Å². The summed E-state index contributed by atoms with van der Waals surface area (Å²) in [5.74, 6) is 0.869. The molecule has 0 unspecified atom stereocenters. The van der Waals surface area contributed by atoms with Crippen LogP contribution in [0, 0.1) is 0 Å². The van der Waals surface area contributed by atoms with Gasteiger partial charge in [0.2, 0.25) is 0 Å². The number of fused-ring (bicyclic) bond motifs is 1. The molecule has 7 heteroatoms. The van der Waals surface area contributed by atoms with Crippen molar-refractivity contribution in [2.24, 2.45) is 0 Å². The van der Waals surface area contributed by atoms with Crippen LogP contribution < -0.4 is 15.5 Å². The second kappa shape index (κ2) is 6.68. The lowest BCUT2D eigenvalue weighted by atomic mass is 9.94. The van der Waals surface area contributed by atoms with Crippen LogP contribution in [0.25, 0.3) is 0 Å². The molecule has 1 atom stereocenters. The number of amides is 2. The first-order valence-electron chi connectivity index (χ1n) is 7.80. The summed E-state index contributed by atoms with van der Waals surface area (Å²) in [7, 11) is 3.88. The first kappa shape index (κ1) is 15.3. The van der Waals surface area contributed by atoms with Gasteiger partial charge in [-0.2, -0.15) is 5.10 Å². The number of carbonyl (C=O) groups is 1. The van der Waals surface area contributed by atoms with Gasteiger partial charge in [-0.05, 0) is 30.9 Å². The molecule has 0 saturated heterocycles. The van der Waals surface area contributed by atoms with Crippen molar-refractivity contribution in [2.45, 2.75) is 31.8 Å². The number of rotatable bonds is 4. The van der Waals surface area contributed by atoms with E-state index in [1.807, 2.05) is 37.3 Å². The summed E-state index contributed by atoms with van der Waals surface area (Å²) in [6.07, 6.45) is 6.28. The smallest absolute Gasteiger partial charge is 0.315 e. The van der Waals surface area contributed by atoms with Crippen LogP contribution in [0.15, 0.2) is 24.5 Å². The summed E-state index contributed by atoms with van der Waals surface area (Å²) in [5.41, 5.74) is 3.38. The van der Waals surface area contributed by atoms with E-state index in [4.69, 9.17) is 0 Å². The Morgan fingerprint density at radius 1 is 1.48 bits per heavy atom. The molecule has 0 aromatic carbocycles. The maximum atomic E-state index is 12.1. The third kappa shape index (κ3) is 3.61. The molecule has 3 rings (SSSR count). The number of nitrogens with one attached hydrogen (secondary N) is 3. The molecule has 0 aliphatic heterocycles. The number of pyridine rings is 1. The number of urea groups is 1. The lowest BCUT2D eigenvalue weighted by molar-refractivity contribution is 0.235. The normalized spacial score (nSPS) is 16.5. The monoisotopic (exact) mass is 314 g/mol. The van der Waals surface area contributed by atoms with Gasteiger partial charge in [0.25, 0.3) is 0 Å². The van der Waals surface area contributed by atoms with Crippen LogP contribution in [0.4, 0.5) is 10.6 Å². The van der Waals surface area contributed by atoms with Gasteiger partial charge in [0.05, 0.1) is 6.20 Å². The highest BCUT2D eigenvalue weighted by atomic mass is 16.2. The first-order chi connectivity index (χ1) is 11.1. The largest absolute Gasteiger partial charge is 0.362 e. The minimum Gasteiger partial charge on any atom is -0.362 e. The van der Waals surface area contributed by atoms with E-state index in [0.29, 0.717) is 6.54 Å². The predicted octanol–water partition coefficient (Wildman–Crippen LogP) is 1.23. The lowest BCUT2D eigenvalue weighted by Gasteiger charge is -2.23. The predicted molar refractivity (Wildman–Crippen MR) is 88.3 cm³/mol. The second-order valence-electron chi connectivity index (χ2n) is 6.02. The molecular weight excluding hydrogens is 292 g/mol. The molecule has 23 heavy (non-hydrogen) atoms. The Hall–Kier alpha value is -2.57. The SMILES string of the molecule is CN(C)c1ncccc1CNC(=O)N[C@@H]1CCc2[nH]ncc2C1. The van der Waals surface area contributed by atoms with E-state index in [1.165, 1.54) is 11.3 Å². The van der Waals surface area contributed by atoms with Crippen LogP contribution in [0.1, 0.15) is 23.2 Å². The fraction of sp³-hybridized carbons (Fsp3) is 0.438. The number of anilines is 1. The van der Waals surface area contributed by atoms with Crippen molar-refractivity contribution in [1.82, 2.24) is 25.8 Å². The fourth-order valence-corrected chi connectivity index (χ4v) is 2.92. The van der Waals surface area contributed by atoms with Gasteiger partial charge in [0, 0.05) is 44.1 Å². The van der Waals surface area contributed by atoms with Crippen molar-refractivity contribution in [2.75, 3.05) is 19.0 Å². The molecule has 2 amide bonds. The second-order valence-corrected chi connectivity index (χ2v) is 6.02. The zero-order valence-electron chi connectivity index (χ0n) is 13.5. The van der Waals surface area contributed by atoms with E-state index in [0.717, 1.165) is 30.6 Å². The molecule has 0 bridgehead atoms. The summed E-state index contributed by atoms with van der Waals surface area (Å²) in [6.45, 7) is 0.455. The molecule has 0 fully saturated rings. The maximum absolute atomic E-state index is 12.1. The summed E-state index contributed by atoms with van der Waals surface area (Å²) < 4.78 is 0. The molecular formula is C16H22N6O. The molecule has 3 N–H and O–H groups in total. The Kier molecular flexibility index (Phi) is 4.45. The highest BCUT2D eigenvalue weighted by Gasteiger charge is 2.21. The molecule has 0 radical (unpaired) electrons. The van der Waals surface area contributed by atoms with Gasteiger partial charge in [-0.1, -0.05) is 6.07 Å². The van der Waals surface area contributed by atoms with Crippen LogP contribution in [-0.4, -0.2) is 41.3 Å². The fourth-order valence-electron chi connectivity index (χ4n) is 2.92. The number of aromatic amines is 1. The highest BCUT2D eigenvalue weighted by Crippen LogP contribution is 2.19. The third-order valence-electron chi connectivity index (χ3n) is 4.08. The van der Waals surface area contributed by atoms with Gasteiger partial charge in [-0.3, -0.25) is 5.10 Å². The van der Waals surface area contributed by atoms with Crippen molar-refractivity contribution >= 4 is 11.8 Å². The van der Waals surface area contributed by atoms with Crippen LogP contribution in [-0.2, 0) is 19.4 Å². The average molecular weight is 314 g/mol. The van der Waals surface area contributed by atoms with E-state index in [2.05, 4.69) is 25.8 Å². The molecule has 0 spiro atoms. The van der Waals surface area contributed by atoms with Crippen molar-refractivity contribution in [1.29, 1.82) is 0 Å². The van der Waals surface area contributed by atoms with Crippen LogP contribution in [0.2, 0.25) is 0 Å². The molecule has 2 aromatic heterocycles. The van der Waals surface area contributed by atoms with Gasteiger partial charge in [0.15, 0.2) is 0 Å². The zero-order chi connectivity index (χ0) is 16.2. The van der Waals surface area contributed by atoms with Crippen molar-refractivity contribution in [3.8, 4) is 0 Å². The number of aryl methyl sites for hydroxylation is 1. The minimum absolute atomic E-state index is 0.143. The van der Waals surface area contributed by atoms with E-state index >= 15 is 0 Å². The summed E-state index contributed by atoms with van der Waals surface area (Å²) >= 11 is 0. The average Bonchev–Trinajstić information content (AvgIpc) is 3.00. The topological polar surface area (TPSA) is 85.9 Å². The first-order valence-corrected chi connectivity index (χ1v) is 7.80. The summed E-state index contributed by atoms with van der Waals surface area (Å²) in [5, 5.41) is 13.0. The van der Waals surface area contributed by atoms with E-state index in [1.54, 1.807) is 6.20 Å². The van der Waals surface area contributed by atoms with Crippen molar-refractivity contribution in [3.05, 3.63) is 41.3 Å². The van der Waals surface area contributed by atoms with Gasteiger partial charge < -0.3 is 15.5 Å².